The number of rotatable bonds is 3. The van der Waals surface area contributed by atoms with Gasteiger partial charge in [-0.25, -0.2) is 0 Å². The van der Waals surface area contributed by atoms with Crippen molar-refractivity contribution in [1.29, 1.82) is 0 Å². The summed E-state index contributed by atoms with van der Waals surface area (Å²) in [6.07, 6.45) is 1.45. The van der Waals surface area contributed by atoms with Crippen molar-refractivity contribution in [3.63, 3.8) is 0 Å². The number of fused-ring (bicyclic) bond motifs is 1. The standard InChI is InChI=1S/C19H21NO2/c1-3-13-10-16(11-15-8-9-17(21)20-18(13)15)19(22)14-6-4-12(2)5-7-14/h4-7,10-11,19,22H,3,8-9H2,1-2H3,(H,20,21). The summed E-state index contributed by atoms with van der Waals surface area (Å²) in [5.74, 6) is 0.0778. The molecule has 1 unspecified atom stereocenters. The minimum atomic E-state index is -0.631. The van der Waals surface area contributed by atoms with Crippen LogP contribution in [0.2, 0.25) is 0 Å². The number of carbonyl (C=O) groups excluding carboxylic acids is 1. The maximum atomic E-state index is 11.6. The summed E-state index contributed by atoms with van der Waals surface area (Å²) >= 11 is 0. The van der Waals surface area contributed by atoms with Crippen LogP contribution in [0.15, 0.2) is 36.4 Å². The lowest BCUT2D eigenvalue weighted by Gasteiger charge is -2.23. The van der Waals surface area contributed by atoms with E-state index in [0.717, 1.165) is 40.8 Å². The van der Waals surface area contributed by atoms with E-state index in [1.165, 1.54) is 5.56 Å². The Labute approximate surface area is 131 Å². The average Bonchev–Trinajstić information content (AvgIpc) is 2.54. The van der Waals surface area contributed by atoms with Gasteiger partial charge in [0.15, 0.2) is 0 Å². The Hall–Kier alpha value is -2.13. The molecule has 3 rings (SSSR count). The molecule has 0 spiro atoms. The molecule has 1 aliphatic heterocycles. The lowest BCUT2D eigenvalue weighted by atomic mass is 9.91. The van der Waals surface area contributed by atoms with Gasteiger partial charge in [-0.05, 0) is 42.0 Å². The van der Waals surface area contributed by atoms with Gasteiger partial charge in [0.05, 0.1) is 0 Å². The van der Waals surface area contributed by atoms with E-state index in [9.17, 15) is 9.90 Å². The van der Waals surface area contributed by atoms with E-state index in [1.807, 2.05) is 43.3 Å². The van der Waals surface area contributed by atoms with E-state index in [-0.39, 0.29) is 5.91 Å². The van der Waals surface area contributed by atoms with E-state index >= 15 is 0 Å². The first-order chi connectivity index (χ1) is 10.6. The molecular formula is C19H21NO2. The van der Waals surface area contributed by atoms with Gasteiger partial charge in [-0.15, -0.1) is 0 Å². The van der Waals surface area contributed by atoms with Crippen molar-refractivity contribution in [3.8, 4) is 0 Å². The van der Waals surface area contributed by atoms with Crippen LogP contribution in [-0.2, 0) is 17.6 Å². The van der Waals surface area contributed by atoms with Crippen LogP contribution in [0.3, 0.4) is 0 Å². The smallest absolute Gasteiger partial charge is 0.224 e. The molecule has 114 valence electrons. The second-order valence-electron chi connectivity index (χ2n) is 5.93. The van der Waals surface area contributed by atoms with Gasteiger partial charge in [0.1, 0.15) is 6.10 Å². The molecule has 0 fully saturated rings. The van der Waals surface area contributed by atoms with Crippen LogP contribution < -0.4 is 5.32 Å². The van der Waals surface area contributed by atoms with E-state index in [0.29, 0.717) is 6.42 Å². The van der Waals surface area contributed by atoms with Gasteiger partial charge < -0.3 is 10.4 Å². The van der Waals surface area contributed by atoms with E-state index in [2.05, 4.69) is 12.2 Å². The monoisotopic (exact) mass is 295 g/mol. The third-order valence-electron chi connectivity index (χ3n) is 4.30. The Morgan fingerprint density at radius 1 is 1.14 bits per heavy atom. The highest BCUT2D eigenvalue weighted by Gasteiger charge is 2.20. The lowest BCUT2D eigenvalue weighted by Crippen LogP contribution is -2.21. The molecule has 0 radical (unpaired) electrons. The number of hydrogen-bond donors (Lipinski definition) is 2. The van der Waals surface area contributed by atoms with Gasteiger partial charge in [-0.3, -0.25) is 4.79 Å². The third-order valence-corrected chi connectivity index (χ3v) is 4.30. The van der Waals surface area contributed by atoms with Gasteiger partial charge in [0, 0.05) is 12.1 Å². The molecule has 1 amide bonds. The quantitative estimate of drug-likeness (QED) is 0.910. The van der Waals surface area contributed by atoms with Gasteiger partial charge in [0.25, 0.3) is 0 Å². The fourth-order valence-electron chi connectivity index (χ4n) is 2.98. The highest BCUT2D eigenvalue weighted by molar-refractivity contribution is 5.95. The van der Waals surface area contributed by atoms with Crippen molar-refractivity contribution in [3.05, 3.63) is 64.2 Å². The molecule has 0 bridgehead atoms. The SMILES string of the molecule is CCc1cc(C(O)c2ccc(C)cc2)cc2c1NC(=O)CC2. The van der Waals surface area contributed by atoms with Gasteiger partial charge in [-0.2, -0.15) is 0 Å². The van der Waals surface area contributed by atoms with Gasteiger partial charge >= 0.3 is 0 Å². The summed E-state index contributed by atoms with van der Waals surface area (Å²) in [6.45, 7) is 4.10. The Morgan fingerprint density at radius 3 is 2.55 bits per heavy atom. The number of nitrogens with one attached hydrogen (secondary N) is 1. The maximum Gasteiger partial charge on any atom is 0.224 e. The van der Waals surface area contributed by atoms with Crippen molar-refractivity contribution < 1.29 is 9.90 Å². The second kappa shape index (κ2) is 5.93. The number of benzene rings is 2. The predicted molar refractivity (Wildman–Crippen MR) is 88.0 cm³/mol. The number of amides is 1. The third kappa shape index (κ3) is 2.77. The number of anilines is 1. The fraction of sp³-hybridized carbons (Fsp3) is 0.316. The molecule has 1 heterocycles. The molecule has 3 heteroatoms. The Balaban J connectivity index is 2.00. The molecule has 2 aromatic rings. The Morgan fingerprint density at radius 2 is 1.86 bits per heavy atom. The van der Waals surface area contributed by atoms with Crippen LogP contribution in [0.4, 0.5) is 5.69 Å². The molecular weight excluding hydrogens is 274 g/mol. The van der Waals surface area contributed by atoms with Crippen molar-refractivity contribution in [2.45, 2.75) is 39.2 Å². The zero-order valence-corrected chi connectivity index (χ0v) is 13.0. The Bertz CT molecular complexity index is 687. The average molecular weight is 295 g/mol. The summed E-state index contributed by atoms with van der Waals surface area (Å²) in [6, 6.07) is 12.0. The molecule has 0 aromatic heterocycles. The molecule has 0 aliphatic carbocycles. The topological polar surface area (TPSA) is 49.3 Å². The molecule has 0 saturated heterocycles. The first kappa shape index (κ1) is 14.8. The summed E-state index contributed by atoms with van der Waals surface area (Å²) in [5, 5.41) is 13.6. The molecule has 3 nitrogen and oxygen atoms in total. The first-order valence-electron chi connectivity index (χ1n) is 7.78. The maximum absolute atomic E-state index is 11.6. The van der Waals surface area contributed by atoms with Gasteiger partial charge in [-0.1, -0.05) is 48.9 Å². The van der Waals surface area contributed by atoms with Crippen LogP contribution in [0.5, 0.6) is 0 Å². The number of carbonyl (C=O) groups is 1. The summed E-state index contributed by atoms with van der Waals surface area (Å²) in [4.78, 5) is 11.6. The van der Waals surface area contributed by atoms with Crippen molar-refractivity contribution in [2.24, 2.45) is 0 Å². The molecule has 1 aliphatic rings. The van der Waals surface area contributed by atoms with Crippen LogP contribution >= 0.6 is 0 Å². The van der Waals surface area contributed by atoms with Crippen molar-refractivity contribution in [2.75, 3.05) is 5.32 Å². The normalized spacial score (nSPS) is 15.1. The highest BCUT2D eigenvalue weighted by Crippen LogP contribution is 2.32. The first-order valence-corrected chi connectivity index (χ1v) is 7.78. The Kier molecular flexibility index (Phi) is 3.99. The molecule has 2 N–H and O–H groups in total. The molecule has 2 aromatic carbocycles. The zero-order chi connectivity index (χ0) is 15.7. The van der Waals surface area contributed by atoms with Crippen LogP contribution in [0.1, 0.15) is 47.3 Å². The van der Waals surface area contributed by atoms with Crippen LogP contribution in [0.25, 0.3) is 0 Å². The van der Waals surface area contributed by atoms with Crippen LogP contribution in [0, 0.1) is 6.92 Å². The second-order valence-corrected chi connectivity index (χ2v) is 5.93. The minimum absolute atomic E-state index is 0.0778. The van der Waals surface area contributed by atoms with E-state index in [1.54, 1.807) is 0 Å². The number of aryl methyl sites for hydroxylation is 3. The van der Waals surface area contributed by atoms with E-state index < -0.39 is 6.10 Å². The fourth-order valence-corrected chi connectivity index (χ4v) is 2.98. The van der Waals surface area contributed by atoms with E-state index in [4.69, 9.17) is 0 Å². The minimum Gasteiger partial charge on any atom is -0.384 e. The number of aliphatic hydroxyl groups excluding tert-OH is 1. The summed E-state index contributed by atoms with van der Waals surface area (Å²) in [7, 11) is 0. The largest absolute Gasteiger partial charge is 0.384 e. The lowest BCUT2D eigenvalue weighted by molar-refractivity contribution is -0.116. The van der Waals surface area contributed by atoms with Crippen molar-refractivity contribution in [1.82, 2.24) is 0 Å². The van der Waals surface area contributed by atoms with Gasteiger partial charge in [0.2, 0.25) is 5.91 Å². The number of hydrogen-bond acceptors (Lipinski definition) is 2. The molecule has 0 saturated carbocycles. The zero-order valence-electron chi connectivity index (χ0n) is 13.0. The summed E-state index contributed by atoms with van der Waals surface area (Å²) in [5.41, 5.74) is 6.13. The highest BCUT2D eigenvalue weighted by atomic mass is 16.3. The molecule has 1 atom stereocenters. The predicted octanol–water partition coefficient (Wildman–Crippen LogP) is 3.52. The van der Waals surface area contributed by atoms with Crippen LogP contribution in [-0.4, -0.2) is 11.0 Å². The summed E-state index contributed by atoms with van der Waals surface area (Å²) < 4.78 is 0. The molecule has 22 heavy (non-hydrogen) atoms. The number of aliphatic hydroxyl groups is 1. The van der Waals surface area contributed by atoms with Crippen molar-refractivity contribution >= 4 is 11.6 Å².